The maximum Gasteiger partial charge on any atom is 0.260 e. The smallest absolute Gasteiger partial charge is 0.260 e. The molecule has 5 nitrogen and oxygen atoms in total. The number of benzene rings is 2. The molecule has 0 saturated carbocycles. The van der Waals surface area contributed by atoms with E-state index in [1.165, 1.54) is 0 Å². The van der Waals surface area contributed by atoms with Gasteiger partial charge < -0.3 is 15.4 Å². The minimum absolute atomic E-state index is 0.231. The van der Waals surface area contributed by atoms with E-state index in [9.17, 15) is 9.59 Å². The summed E-state index contributed by atoms with van der Waals surface area (Å²) in [6, 6.07) is 14.4. The molecule has 0 aromatic heterocycles. The molecule has 1 atom stereocenters. The van der Waals surface area contributed by atoms with Gasteiger partial charge in [-0.2, -0.15) is 0 Å². The third kappa shape index (κ3) is 6.29. The minimum atomic E-state index is -0.631. The predicted molar refractivity (Wildman–Crippen MR) is 107 cm³/mol. The number of amides is 2. The number of ether oxygens (including phenoxy) is 1. The van der Waals surface area contributed by atoms with Gasteiger partial charge in [-0.05, 0) is 42.7 Å². The van der Waals surface area contributed by atoms with E-state index in [-0.39, 0.29) is 11.8 Å². The van der Waals surface area contributed by atoms with Crippen LogP contribution < -0.4 is 15.4 Å². The summed E-state index contributed by atoms with van der Waals surface area (Å²) < 4.78 is 5.82. The number of carbonyl (C=O) groups is 2. The normalized spacial score (nSPS) is 11.7. The van der Waals surface area contributed by atoms with Crippen molar-refractivity contribution < 1.29 is 14.3 Å². The first-order valence-corrected chi connectivity index (χ1v) is 9.33. The number of hydrogen-bond donors (Lipinski definition) is 2. The number of halogens is 1. The van der Waals surface area contributed by atoms with E-state index in [4.69, 9.17) is 16.3 Å². The summed E-state index contributed by atoms with van der Waals surface area (Å²) >= 11 is 5.87. The molecule has 27 heavy (non-hydrogen) atoms. The standard InChI is InChI=1S/C21H25ClN2O3/c1-14(2)18-9-4-5-10-19(18)27-15(3)20(25)23-11-12-24-21(26)16-7-6-8-17(22)13-16/h4-10,13-15H,11-12H2,1-3H3,(H,23,25)(H,24,26). The molecular weight excluding hydrogens is 364 g/mol. The third-order valence-corrected chi connectivity index (χ3v) is 4.25. The quantitative estimate of drug-likeness (QED) is 0.676. The molecule has 0 bridgehead atoms. The molecule has 0 fully saturated rings. The van der Waals surface area contributed by atoms with Gasteiger partial charge >= 0.3 is 0 Å². The SMILES string of the molecule is CC(Oc1ccccc1C(C)C)C(=O)NCCNC(=O)c1cccc(Cl)c1. The maximum absolute atomic E-state index is 12.2. The first-order valence-electron chi connectivity index (χ1n) is 8.95. The van der Waals surface area contributed by atoms with E-state index in [0.717, 1.165) is 5.56 Å². The van der Waals surface area contributed by atoms with Crippen molar-refractivity contribution in [3.8, 4) is 5.75 Å². The first-order chi connectivity index (χ1) is 12.9. The molecule has 2 amide bonds. The Morgan fingerprint density at radius 1 is 1.00 bits per heavy atom. The lowest BCUT2D eigenvalue weighted by Gasteiger charge is -2.18. The molecule has 6 heteroatoms. The van der Waals surface area contributed by atoms with Crippen LogP contribution in [0.4, 0.5) is 0 Å². The molecular formula is C21H25ClN2O3. The zero-order chi connectivity index (χ0) is 19.8. The van der Waals surface area contributed by atoms with Gasteiger partial charge in [0.1, 0.15) is 5.75 Å². The molecule has 144 valence electrons. The van der Waals surface area contributed by atoms with Crippen LogP contribution in [0.2, 0.25) is 5.02 Å². The largest absolute Gasteiger partial charge is 0.481 e. The molecule has 0 spiro atoms. The summed E-state index contributed by atoms with van der Waals surface area (Å²) in [6.45, 7) is 6.49. The van der Waals surface area contributed by atoms with Crippen molar-refractivity contribution in [3.05, 3.63) is 64.7 Å². The van der Waals surface area contributed by atoms with Crippen molar-refractivity contribution in [2.75, 3.05) is 13.1 Å². The molecule has 0 saturated heterocycles. The number of hydrogen-bond acceptors (Lipinski definition) is 3. The van der Waals surface area contributed by atoms with Crippen molar-refractivity contribution in [1.29, 1.82) is 0 Å². The fourth-order valence-electron chi connectivity index (χ4n) is 2.55. The summed E-state index contributed by atoms with van der Waals surface area (Å²) in [4.78, 5) is 24.2. The Morgan fingerprint density at radius 2 is 1.70 bits per heavy atom. The third-order valence-electron chi connectivity index (χ3n) is 4.01. The van der Waals surface area contributed by atoms with Gasteiger partial charge in [0.15, 0.2) is 6.10 Å². The Morgan fingerprint density at radius 3 is 2.41 bits per heavy atom. The summed E-state index contributed by atoms with van der Waals surface area (Å²) in [7, 11) is 0. The molecule has 0 aliphatic carbocycles. The lowest BCUT2D eigenvalue weighted by Crippen LogP contribution is -2.40. The van der Waals surface area contributed by atoms with E-state index in [2.05, 4.69) is 24.5 Å². The van der Waals surface area contributed by atoms with Crippen LogP contribution in [0.5, 0.6) is 5.75 Å². The Kier molecular flexibility index (Phi) is 7.67. The maximum atomic E-state index is 12.2. The van der Waals surface area contributed by atoms with Crippen molar-refractivity contribution >= 4 is 23.4 Å². The number of rotatable bonds is 8. The van der Waals surface area contributed by atoms with Crippen LogP contribution in [0.1, 0.15) is 42.6 Å². The van der Waals surface area contributed by atoms with E-state index in [1.54, 1.807) is 31.2 Å². The van der Waals surface area contributed by atoms with Gasteiger partial charge in [0.05, 0.1) is 0 Å². The van der Waals surface area contributed by atoms with Gasteiger partial charge in [-0.25, -0.2) is 0 Å². The van der Waals surface area contributed by atoms with Crippen LogP contribution >= 0.6 is 11.6 Å². The zero-order valence-corrected chi connectivity index (χ0v) is 16.5. The second kappa shape index (κ2) is 9.97. The van der Waals surface area contributed by atoms with Crippen molar-refractivity contribution in [2.24, 2.45) is 0 Å². The molecule has 0 aliphatic rings. The summed E-state index contributed by atoms with van der Waals surface area (Å²) in [5.41, 5.74) is 1.54. The van der Waals surface area contributed by atoms with Crippen LogP contribution in [0.3, 0.4) is 0 Å². The highest BCUT2D eigenvalue weighted by Crippen LogP contribution is 2.26. The summed E-state index contributed by atoms with van der Waals surface area (Å²) in [5.74, 6) is 0.551. The van der Waals surface area contributed by atoms with E-state index in [0.29, 0.717) is 35.3 Å². The fourth-order valence-corrected chi connectivity index (χ4v) is 2.74. The lowest BCUT2D eigenvalue weighted by atomic mass is 10.0. The molecule has 2 N–H and O–H groups in total. The molecule has 0 aliphatic heterocycles. The molecule has 0 heterocycles. The summed E-state index contributed by atoms with van der Waals surface area (Å²) in [5, 5.41) is 6.01. The highest BCUT2D eigenvalue weighted by molar-refractivity contribution is 6.30. The highest BCUT2D eigenvalue weighted by atomic mass is 35.5. The Hall–Kier alpha value is -2.53. The van der Waals surface area contributed by atoms with Gasteiger partial charge in [0.2, 0.25) is 0 Å². The van der Waals surface area contributed by atoms with Crippen LogP contribution in [0.25, 0.3) is 0 Å². The average Bonchev–Trinajstić information content (AvgIpc) is 2.65. The molecule has 0 radical (unpaired) electrons. The van der Waals surface area contributed by atoms with Crippen LogP contribution in [-0.4, -0.2) is 31.0 Å². The van der Waals surface area contributed by atoms with E-state index in [1.807, 2.05) is 24.3 Å². The molecule has 2 rings (SSSR count). The van der Waals surface area contributed by atoms with Crippen LogP contribution in [0, 0.1) is 0 Å². The lowest BCUT2D eigenvalue weighted by molar-refractivity contribution is -0.127. The Balaban J connectivity index is 1.78. The minimum Gasteiger partial charge on any atom is -0.481 e. The molecule has 2 aromatic rings. The van der Waals surface area contributed by atoms with Gasteiger partial charge in [0, 0.05) is 23.7 Å². The molecule has 2 aromatic carbocycles. The van der Waals surface area contributed by atoms with E-state index < -0.39 is 6.10 Å². The van der Waals surface area contributed by atoms with Crippen molar-refractivity contribution in [2.45, 2.75) is 32.8 Å². The predicted octanol–water partition coefficient (Wildman–Crippen LogP) is 3.78. The Bertz CT molecular complexity index is 793. The van der Waals surface area contributed by atoms with Gasteiger partial charge in [-0.3, -0.25) is 9.59 Å². The topological polar surface area (TPSA) is 67.4 Å². The first kappa shape index (κ1) is 20.8. The monoisotopic (exact) mass is 388 g/mol. The van der Waals surface area contributed by atoms with Gasteiger partial charge in [-0.1, -0.05) is 49.7 Å². The number of nitrogens with one attached hydrogen (secondary N) is 2. The van der Waals surface area contributed by atoms with Crippen LogP contribution in [-0.2, 0) is 4.79 Å². The second-order valence-corrected chi connectivity index (χ2v) is 6.95. The molecule has 1 unspecified atom stereocenters. The average molecular weight is 389 g/mol. The summed E-state index contributed by atoms with van der Waals surface area (Å²) in [6.07, 6.45) is -0.631. The highest BCUT2D eigenvalue weighted by Gasteiger charge is 2.17. The van der Waals surface area contributed by atoms with Crippen LogP contribution in [0.15, 0.2) is 48.5 Å². The Labute approximate surface area is 165 Å². The van der Waals surface area contributed by atoms with E-state index >= 15 is 0 Å². The second-order valence-electron chi connectivity index (χ2n) is 6.51. The van der Waals surface area contributed by atoms with Crippen molar-refractivity contribution in [1.82, 2.24) is 10.6 Å². The fraction of sp³-hybridized carbons (Fsp3) is 0.333. The number of para-hydroxylation sites is 1. The van der Waals surface area contributed by atoms with Gasteiger partial charge in [-0.15, -0.1) is 0 Å². The van der Waals surface area contributed by atoms with Gasteiger partial charge in [0.25, 0.3) is 11.8 Å². The van der Waals surface area contributed by atoms with Crippen molar-refractivity contribution in [3.63, 3.8) is 0 Å². The zero-order valence-electron chi connectivity index (χ0n) is 15.8. The number of carbonyl (C=O) groups excluding carboxylic acids is 2.